The Morgan fingerprint density at radius 2 is 2.00 bits per heavy atom. The molecule has 0 amide bonds. The van der Waals surface area contributed by atoms with E-state index in [1.165, 1.54) is 35.1 Å². The topological polar surface area (TPSA) is 77.2 Å². The van der Waals surface area contributed by atoms with Gasteiger partial charge in [-0.05, 0) is 30.3 Å². The van der Waals surface area contributed by atoms with E-state index in [0.717, 1.165) is 12.3 Å². The number of hydrogen-bond donors (Lipinski definition) is 1. The van der Waals surface area contributed by atoms with E-state index in [1.807, 2.05) is 0 Å². The summed E-state index contributed by atoms with van der Waals surface area (Å²) in [5.74, 6) is -2.16. The predicted molar refractivity (Wildman–Crippen MR) is 85.4 cm³/mol. The Morgan fingerprint density at radius 1 is 1.23 bits per heavy atom. The number of rotatable bonds is 5. The van der Waals surface area contributed by atoms with E-state index in [1.54, 1.807) is 0 Å². The SMILES string of the molecule is O=C(O)c1cc(-c2cncc(OC(F)F)c2)n(-c2ccc(F)c(Cl)c2)n1. The molecule has 0 aliphatic carbocycles. The Balaban J connectivity index is 2.14. The summed E-state index contributed by atoms with van der Waals surface area (Å²) in [6.07, 6.45) is 2.41. The van der Waals surface area contributed by atoms with Gasteiger partial charge in [0.15, 0.2) is 5.69 Å². The minimum Gasteiger partial charge on any atom is -0.476 e. The van der Waals surface area contributed by atoms with E-state index in [2.05, 4.69) is 14.8 Å². The number of nitrogens with zero attached hydrogens (tertiary/aromatic N) is 3. The minimum absolute atomic E-state index is 0.186. The van der Waals surface area contributed by atoms with Crippen molar-refractivity contribution in [2.24, 2.45) is 0 Å². The number of carboxylic acids is 1. The number of alkyl halides is 2. The van der Waals surface area contributed by atoms with E-state index < -0.39 is 18.4 Å². The summed E-state index contributed by atoms with van der Waals surface area (Å²) >= 11 is 5.77. The first-order valence-corrected chi connectivity index (χ1v) is 7.42. The van der Waals surface area contributed by atoms with Gasteiger partial charge in [-0.3, -0.25) is 4.98 Å². The molecule has 26 heavy (non-hydrogen) atoms. The van der Waals surface area contributed by atoms with Crippen LogP contribution in [0.25, 0.3) is 16.9 Å². The first-order chi connectivity index (χ1) is 12.3. The molecule has 1 aromatic carbocycles. The monoisotopic (exact) mass is 383 g/mol. The third-order valence-electron chi connectivity index (χ3n) is 3.31. The first-order valence-electron chi connectivity index (χ1n) is 7.04. The van der Waals surface area contributed by atoms with Crippen LogP contribution in [0.5, 0.6) is 5.75 Å². The Bertz CT molecular complexity index is 978. The van der Waals surface area contributed by atoms with Crippen LogP contribution < -0.4 is 4.74 Å². The Kier molecular flexibility index (Phi) is 4.81. The zero-order valence-electron chi connectivity index (χ0n) is 12.7. The molecule has 1 N–H and O–H groups in total. The van der Waals surface area contributed by atoms with Gasteiger partial charge in [0, 0.05) is 11.8 Å². The van der Waals surface area contributed by atoms with Gasteiger partial charge in [0.05, 0.1) is 22.6 Å². The number of benzene rings is 1. The number of halogens is 4. The number of carboxylic acid groups (broad SMARTS) is 1. The maximum atomic E-state index is 13.4. The summed E-state index contributed by atoms with van der Waals surface area (Å²) in [4.78, 5) is 15.1. The molecule has 10 heteroatoms. The predicted octanol–water partition coefficient (Wildman–Crippen LogP) is 4.03. The van der Waals surface area contributed by atoms with Gasteiger partial charge in [-0.2, -0.15) is 13.9 Å². The average Bonchev–Trinajstić information content (AvgIpc) is 3.02. The lowest BCUT2D eigenvalue weighted by Gasteiger charge is -2.09. The quantitative estimate of drug-likeness (QED) is 0.720. The van der Waals surface area contributed by atoms with Crippen LogP contribution in [0.3, 0.4) is 0 Å². The van der Waals surface area contributed by atoms with Crippen molar-refractivity contribution >= 4 is 17.6 Å². The fraction of sp³-hybridized carbons (Fsp3) is 0.0625. The van der Waals surface area contributed by atoms with E-state index in [-0.39, 0.29) is 33.4 Å². The zero-order valence-corrected chi connectivity index (χ0v) is 13.5. The summed E-state index contributed by atoms with van der Waals surface area (Å²) in [5, 5.41) is 12.9. The smallest absolute Gasteiger partial charge is 0.387 e. The molecule has 0 saturated heterocycles. The molecule has 134 valence electrons. The molecule has 0 unspecified atom stereocenters. The molecule has 0 saturated carbocycles. The van der Waals surface area contributed by atoms with Gasteiger partial charge in [-0.15, -0.1) is 0 Å². The van der Waals surface area contributed by atoms with Crippen LogP contribution in [0, 0.1) is 5.82 Å². The van der Waals surface area contributed by atoms with Crippen LogP contribution in [-0.4, -0.2) is 32.5 Å². The van der Waals surface area contributed by atoms with Crippen LogP contribution >= 0.6 is 11.6 Å². The third-order valence-corrected chi connectivity index (χ3v) is 3.60. The molecule has 0 aliphatic rings. The van der Waals surface area contributed by atoms with Gasteiger partial charge in [-0.25, -0.2) is 13.9 Å². The van der Waals surface area contributed by atoms with E-state index in [4.69, 9.17) is 11.6 Å². The van der Waals surface area contributed by atoms with Crippen molar-refractivity contribution in [3.63, 3.8) is 0 Å². The van der Waals surface area contributed by atoms with Crippen molar-refractivity contribution in [3.05, 3.63) is 59.3 Å². The fourth-order valence-electron chi connectivity index (χ4n) is 2.23. The third kappa shape index (κ3) is 3.62. The molecule has 2 heterocycles. The average molecular weight is 384 g/mol. The van der Waals surface area contributed by atoms with E-state index in [9.17, 15) is 23.1 Å². The van der Waals surface area contributed by atoms with Crippen LogP contribution in [0.2, 0.25) is 5.02 Å². The van der Waals surface area contributed by atoms with Crippen molar-refractivity contribution in [2.75, 3.05) is 0 Å². The van der Waals surface area contributed by atoms with E-state index in [0.29, 0.717) is 0 Å². The number of carbonyl (C=O) groups is 1. The highest BCUT2D eigenvalue weighted by Crippen LogP contribution is 2.28. The lowest BCUT2D eigenvalue weighted by molar-refractivity contribution is -0.0500. The van der Waals surface area contributed by atoms with Gasteiger partial charge in [0.25, 0.3) is 0 Å². The molecule has 0 aliphatic heterocycles. The minimum atomic E-state index is -3.04. The van der Waals surface area contributed by atoms with E-state index >= 15 is 0 Å². The second kappa shape index (κ2) is 7.04. The summed E-state index contributed by atoms with van der Waals surface area (Å²) in [6.45, 7) is -3.04. The number of ether oxygens (including phenoxy) is 1. The molecule has 0 bridgehead atoms. The lowest BCUT2D eigenvalue weighted by atomic mass is 10.2. The first kappa shape index (κ1) is 17.7. The molecule has 0 atom stereocenters. The molecule has 6 nitrogen and oxygen atoms in total. The summed E-state index contributed by atoms with van der Waals surface area (Å²) < 4.78 is 43.7. The van der Waals surface area contributed by atoms with Gasteiger partial charge < -0.3 is 9.84 Å². The van der Waals surface area contributed by atoms with Crippen molar-refractivity contribution in [1.29, 1.82) is 0 Å². The van der Waals surface area contributed by atoms with Crippen LogP contribution in [0.1, 0.15) is 10.5 Å². The van der Waals surface area contributed by atoms with Gasteiger partial charge in [0.1, 0.15) is 11.6 Å². The normalized spacial score (nSPS) is 11.0. The highest BCUT2D eigenvalue weighted by atomic mass is 35.5. The van der Waals surface area contributed by atoms with Crippen molar-refractivity contribution in [1.82, 2.24) is 14.8 Å². The van der Waals surface area contributed by atoms with Gasteiger partial charge in [0.2, 0.25) is 0 Å². The Hall–Kier alpha value is -3.07. The summed E-state index contributed by atoms with van der Waals surface area (Å²) in [5.41, 5.74) is 0.459. The van der Waals surface area contributed by atoms with Crippen LogP contribution in [0.15, 0.2) is 42.7 Å². The fourth-order valence-corrected chi connectivity index (χ4v) is 2.41. The highest BCUT2D eigenvalue weighted by molar-refractivity contribution is 6.30. The number of pyridine rings is 1. The molecule has 2 aromatic heterocycles. The van der Waals surface area contributed by atoms with Gasteiger partial charge in [-0.1, -0.05) is 11.6 Å². The maximum Gasteiger partial charge on any atom is 0.387 e. The molecule has 0 spiro atoms. The molecule has 3 rings (SSSR count). The van der Waals surface area contributed by atoms with Crippen LogP contribution in [-0.2, 0) is 0 Å². The molecule has 0 radical (unpaired) electrons. The number of aromatic carboxylic acids is 1. The summed E-state index contributed by atoms with van der Waals surface area (Å²) in [6, 6.07) is 6.17. The van der Waals surface area contributed by atoms with Crippen molar-refractivity contribution < 1.29 is 27.8 Å². The second-order valence-corrected chi connectivity index (χ2v) is 5.43. The molecule has 0 fully saturated rings. The van der Waals surface area contributed by atoms with Crippen molar-refractivity contribution in [3.8, 4) is 22.7 Å². The highest BCUT2D eigenvalue weighted by Gasteiger charge is 2.18. The zero-order chi connectivity index (χ0) is 18.8. The molecule has 3 aromatic rings. The Labute approximate surface area is 149 Å². The second-order valence-electron chi connectivity index (χ2n) is 5.02. The van der Waals surface area contributed by atoms with Crippen LogP contribution in [0.4, 0.5) is 13.2 Å². The van der Waals surface area contributed by atoms with Gasteiger partial charge >= 0.3 is 12.6 Å². The Morgan fingerprint density at radius 3 is 2.65 bits per heavy atom. The molecular weight excluding hydrogens is 375 g/mol. The number of hydrogen-bond acceptors (Lipinski definition) is 4. The van der Waals surface area contributed by atoms with Crippen molar-refractivity contribution in [2.45, 2.75) is 6.61 Å². The maximum absolute atomic E-state index is 13.4. The number of aromatic nitrogens is 3. The standard InChI is InChI=1S/C16H9ClF3N3O3/c17-11-4-9(1-2-12(11)18)23-14(5-13(22-23)15(24)25)8-3-10(7-21-6-8)26-16(19)20/h1-7,16H,(H,24,25). The largest absolute Gasteiger partial charge is 0.476 e. The lowest BCUT2D eigenvalue weighted by Crippen LogP contribution is -2.04. The molecular formula is C16H9ClF3N3O3. The summed E-state index contributed by atoms with van der Waals surface area (Å²) in [7, 11) is 0.